The topological polar surface area (TPSA) is 48.6 Å². The average molecular weight is 374 g/mol. The van der Waals surface area contributed by atoms with Crippen molar-refractivity contribution in [2.45, 2.75) is 38.1 Å². The van der Waals surface area contributed by atoms with E-state index in [0.717, 1.165) is 50.8 Å². The van der Waals surface area contributed by atoms with Gasteiger partial charge in [-0.2, -0.15) is 0 Å². The molecule has 2 aliphatic rings. The number of aromatic amines is 1. The Morgan fingerprint density at radius 2 is 2.04 bits per heavy atom. The highest BCUT2D eigenvalue weighted by molar-refractivity contribution is 7.09. The Labute approximate surface area is 158 Å². The van der Waals surface area contributed by atoms with Gasteiger partial charge < -0.3 is 19.5 Å². The van der Waals surface area contributed by atoms with Crippen LogP contribution in [0.25, 0.3) is 0 Å². The second-order valence-electron chi connectivity index (χ2n) is 7.17. The van der Waals surface area contributed by atoms with Crippen LogP contribution >= 0.6 is 11.3 Å². The number of nitrogens with one attached hydrogen (secondary N) is 1. The van der Waals surface area contributed by atoms with E-state index < -0.39 is 0 Å². The summed E-state index contributed by atoms with van der Waals surface area (Å²) in [4.78, 5) is 21.6. The van der Waals surface area contributed by atoms with Crippen molar-refractivity contribution in [3.8, 4) is 0 Å². The van der Waals surface area contributed by atoms with Gasteiger partial charge in [0.15, 0.2) is 0 Å². The Kier molecular flexibility index (Phi) is 5.60. The van der Waals surface area contributed by atoms with Gasteiger partial charge in [-0.25, -0.2) is 0 Å². The summed E-state index contributed by atoms with van der Waals surface area (Å²) in [6.45, 7) is 4.17. The molecule has 2 fully saturated rings. The smallest absolute Gasteiger partial charge is 0.251 e. The molecule has 0 saturated carbocycles. The number of nitrogens with zero attached hydrogens (tertiary/aromatic N) is 2. The van der Waals surface area contributed by atoms with Crippen LogP contribution in [0.15, 0.2) is 34.4 Å². The number of thiophene rings is 1. The minimum Gasteiger partial charge on any atom is -0.378 e. The molecule has 2 aromatic rings. The second-order valence-corrected chi connectivity index (χ2v) is 8.20. The molecule has 2 aromatic heterocycles. The number of H-pyrrole nitrogens is 1. The van der Waals surface area contributed by atoms with Crippen LogP contribution in [0.4, 0.5) is 11.5 Å². The minimum atomic E-state index is -0.0110. The van der Waals surface area contributed by atoms with Gasteiger partial charge in [-0.1, -0.05) is 18.9 Å². The largest absolute Gasteiger partial charge is 0.378 e. The van der Waals surface area contributed by atoms with Crippen LogP contribution in [0.2, 0.25) is 0 Å². The quantitative estimate of drug-likeness (QED) is 0.894. The molecule has 26 heavy (non-hydrogen) atoms. The molecule has 1 atom stereocenters. The first-order valence-corrected chi connectivity index (χ1v) is 10.5. The third-order valence-corrected chi connectivity index (χ3v) is 6.29. The predicted molar refractivity (Wildman–Crippen MR) is 108 cm³/mol. The van der Waals surface area contributed by atoms with Crippen LogP contribution in [0, 0.1) is 0 Å². The van der Waals surface area contributed by atoms with Crippen LogP contribution in [-0.4, -0.2) is 43.9 Å². The van der Waals surface area contributed by atoms with Gasteiger partial charge in [-0.15, -0.1) is 11.3 Å². The van der Waals surface area contributed by atoms with Crippen LogP contribution in [0.1, 0.15) is 30.6 Å². The van der Waals surface area contributed by atoms with Gasteiger partial charge in [-0.3, -0.25) is 4.79 Å². The van der Waals surface area contributed by atoms with E-state index in [9.17, 15) is 4.79 Å². The van der Waals surface area contributed by atoms with Crippen LogP contribution in [-0.2, 0) is 11.2 Å². The highest BCUT2D eigenvalue weighted by atomic mass is 32.1. The third-order valence-electron chi connectivity index (χ3n) is 5.39. The first-order valence-electron chi connectivity index (χ1n) is 9.66. The lowest BCUT2D eigenvalue weighted by Crippen LogP contribution is -2.39. The van der Waals surface area contributed by atoms with E-state index in [1.165, 1.54) is 30.6 Å². The first-order chi connectivity index (χ1) is 12.8. The monoisotopic (exact) mass is 373 g/mol. The van der Waals surface area contributed by atoms with Gasteiger partial charge in [-0.05, 0) is 24.3 Å². The molecule has 0 bridgehead atoms. The zero-order valence-electron chi connectivity index (χ0n) is 15.2. The Hall–Kier alpha value is -1.79. The van der Waals surface area contributed by atoms with Crippen molar-refractivity contribution in [3.63, 3.8) is 0 Å². The highest BCUT2D eigenvalue weighted by Gasteiger charge is 2.24. The molecular weight excluding hydrogens is 346 g/mol. The summed E-state index contributed by atoms with van der Waals surface area (Å²) in [5.74, 6) is 0.974. The van der Waals surface area contributed by atoms with Crippen LogP contribution < -0.4 is 15.4 Å². The van der Waals surface area contributed by atoms with Crippen LogP contribution in [0.3, 0.4) is 0 Å². The number of aromatic nitrogens is 1. The third kappa shape index (κ3) is 4.13. The standard InChI is InChI=1S/C20H27N3O2S/c24-20-15-17(22-8-10-25-11-9-22)14-19(21-20)23-7-3-1-2-5-16(23)13-18-6-4-12-26-18/h4,6,12,14-16H,1-3,5,7-11,13H2,(H,21,24)/t16-/m0/s1. The maximum absolute atomic E-state index is 12.4. The van der Waals surface area contributed by atoms with Gasteiger partial charge in [0.05, 0.1) is 13.2 Å². The summed E-state index contributed by atoms with van der Waals surface area (Å²) < 4.78 is 5.45. The van der Waals surface area contributed by atoms with Crippen molar-refractivity contribution in [3.05, 3.63) is 44.9 Å². The Morgan fingerprint density at radius 3 is 2.85 bits per heavy atom. The maximum Gasteiger partial charge on any atom is 0.251 e. The van der Waals surface area contributed by atoms with E-state index in [2.05, 4.69) is 38.4 Å². The number of rotatable bonds is 4. The molecule has 4 rings (SSSR count). The van der Waals surface area contributed by atoms with Crippen molar-refractivity contribution < 1.29 is 4.74 Å². The van der Waals surface area contributed by atoms with Gasteiger partial charge in [0.2, 0.25) is 0 Å². The van der Waals surface area contributed by atoms with Crippen molar-refractivity contribution in [2.24, 2.45) is 0 Å². The number of hydrogen-bond acceptors (Lipinski definition) is 5. The predicted octanol–water partition coefficient (Wildman–Crippen LogP) is 3.26. The summed E-state index contributed by atoms with van der Waals surface area (Å²) in [6.07, 6.45) is 5.96. The first kappa shape index (κ1) is 17.6. The Balaban J connectivity index is 1.62. The molecule has 0 amide bonds. The molecule has 2 saturated heterocycles. The van der Waals surface area contributed by atoms with E-state index >= 15 is 0 Å². The lowest BCUT2D eigenvalue weighted by molar-refractivity contribution is 0.122. The minimum absolute atomic E-state index is 0.0110. The zero-order chi connectivity index (χ0) is 17.8. The molecule has 0 aromatic carbocycles. The molecule has 0 unspecified atom stereocenters. The Morgan fingerprint density at radius 1 is 1.15 bits per heavy atom. The molecule has 6 heteroatoms. The molecular formula is C20H27N3O2S. The summed E-state index contributed by atoms with van der Waals surface area (Å²) in [5.41, 5.74) is 1.01. The lowest BCUT2D eigenvalue weighted by atomic mass is 10.1. The van der Waals surface area contributed by atoms with Gasteiger partial charge >= 0.3 is 0 Å². The Bertz CT molecular complexity index is 753. The fraction of sp³-hybridized carbons (Fsp3) is 0.550. The normalized spacial score (nSPS) is 21.6. The zero-order valence-corrected chi connectivity index (χ0v) is 16.0. The maximum atomic E-state index is 12.4. The molecule has 1 N–H and O–H groups in total. The van der Waals surface area contributed by atoms with E-state index in [1.54, 1.807) is 6.07 Å². The van der Waals surface area contributed by atoms with E-state index in [-0.39, 0.29) is 5.56 Å². The molecule has 0 radical (unpaired) electrons. The number of ether oxygens (including phenoxy) is 1. The highest BCUT2D eigenvalue weighted by Crippen LogP contribution is 2.28. The summed E-state index contributed by atoms with van der Waals surface area (Å²) in [7, 11) is 0. The van der Waals surface area contributed by atoms with Crippen molar-refractivity contribution in [1.82, 2.24) is 4.98 Å². The second kappa shape index (κ2) is 8.27. The fourth-order valence-corrected chi connectivity index (χ4v) is 4.82. The molecule has 4 heterocycles. The molecule has 5 nitrogen and oxygen atoms in total. The van der Waals surface area contributed by atoms with Crippen molar-refractivity contribution in [1.29, 1.82) is 0 Å². The summed E-state index contributed by atoms with van der Waals surface area (Å²) in [5, 5.41) is 2.15. The molecule has 0 spiro atoms. The van der Waals surface area contributed by atoms with Gasteiger partial charge in [0.25, 0.3) is 5.56 Å². The van der Waals surface area contributed by atoms with Gasteiger partial charge in [0.1, 0.15) is 5.82 Å². The van der Waals surface area contributed by atoms with Gasteiger partial charge in [0, 0.05) is 54.8 Å². The van der Waals surface area contributed by atoms with Crippen molar-refractivity contribution >= 4 is 22.8 Å². The molecule has 0 aliphatic carbocycles. The number of anilines is 2. The van der Waals surface area contributed by atoms with Crippen molar-refractivity contribution in [2.75, 3.05) is 42.6 Å². The molecule has 2 aliphatic heterocycles. The van der Waals surface area contributed by atoms with E-state index in [4.69, 9.17) is 4.74 Å². The summed E-state index contributed by atoms with van der Waals surface area (Å²) >= 11 is 1.83. The fourth-order valence-electron chi connectivity index (χ4n) is 4.04. The average Bonchev–Trinajstić information content (AvgIpc) is 3.06. The SMILES string of the molecule is O=c1cc(N2CCOCC2)cc(N2CCCCC[C@H]2Cc2cccs2)[nH]1. The number of hydrogen-bond donors (Lipinski definition) is 1. The van der Waals surface area contributed by atoms with E-state index in [1.807, 2.05) is 11.3 Å². The number of morpholine rings is 1. The summed E-state index contributed by atoms with van der Waals surface area (Å²) in [6, 6.07) is 8.69. The molecule has 140 valence electrons. The van der Waals surface area contributed by atoms with Crippen LogP contribution in [0.5, 0.6) is 0 Å². The van der Waals surface area contributed by atoms with E-state index in [0.29, 0.717) is 6.04 Å². The lowest BCUT2D eigenvalue weighted by Gasteiger charge is -2.33. The number of pyridine rings is 1.